The predicted molar refractivity (Wildman–Crippen MR) is 107 cm³/mol. The van der Waals surface area contributed by atoms with Crippen molar-refractivity contribution in [3.05, 3.63) is 5.82 Å². The molecule has 1 aromatic rings. The van der Waals surface area contributed by atoms with Crippen LogP contribution < -0.4 is 5.32 Å². The van der Waals surface area contributed by atoms with Gasteiger partial charge in [-0.2, -0.15) is 5.21 Å². The number of H-pyrrole nitrogens is 1. The third-order valence-corrected chi connectivity index (χ3v) is 8.59. The number of nitrogens with one attached hydrogen (secondary N) is 2. The Morgan fingerprint density at radius 1 is 1.07 bits per heavy atom. The molecule has 2 N–H and O–H groups in total. The molecule has 3 aliphatic heterocycles. The van der Waals surface area contributed by atoms with Gasteiger partial charge in [-0.3, -0.25) is 14.9 Å². The fourth-order valence-electron chi connectivity index (χ4n) is 5.74. The van der Waals surface area contributed by atoms with Crippen LogP contribution in [0.15, 0.2) is 0 Å². The summed E-state index contributed by atoms with van der Waals surface area (Å²) in [5, 5.41) is 17.9. The molecule has 3 saturated heterocycles. The van der Waals surface area contributed by atoms with Crippen molar-refractivity contribution in [2.24, 2.45) is 5.92 Å². The van der Waals surface area contributed by atoms with Gasteiger partial charge in [-0.15, -0.1) is 22.0 Å². The van der Waals surface area contributed by atoms with Gasteiger partial charge in [-0.25, -0.2) is 0 Å². The zero-order chi connectivity index (χ0) is 20.6. The predicted octanol–water partition coefficient (Wildman–Crippen LogP) is 1.42. The second kappa shape index (κ2) is 6.41. The van der Waals surface area contributed by atoms with Crippen LogP contribution in [-0.2, 0) is 9.59 Å². The third kappa shape index (κ3) is 2.74. The molecule has 29 heavy (non-hydrogen) atoms. The van der Waals surface area contributed by atoms with Gasteiger partial charge < -0.3 is 9.80 Å². The summed E-state index contributed by atoms with van der Waals surface area (Å²) in [7, 11) is 0. The number of carbonyl (C=O) groups excluding carboxylic acids is 2. The number of amides is 2. The minimum Gasteiger partial charge on any atom is -0.314 e. The van der Waals surface area contributed by atoms with E-state index >= 15 is 0 Å². The van der Waals surface area contributed by atoms with Gasteiger partial charge in [-0.1, -0.05) is 24.5 Å². The zero-order valence-corrected chi connectivity index (χ0v) is 18.2. The standard InChI is InChI=1S/C19H29N7O2S/c1-18(2)13(14-21-23-24-22-14)25-16(28)12(17(25)29-18)26-15(27)11(20-19(26,3)4)10-8-6-5-7-9-10/h10-13,17,20H,5-9H2,1-4H3,(H,21,22,23,24). The van der Waals surface area contributed by atoms with Gasteiger partial charge in [0.15, 0.2) is 5.82 Å². The van der Waals surface area contributed by atoms with Crippen LogP contribution in [0.2, 0.25) is 0 Å². The maximum absolute atomic E-state index is 13.5. The van der Waals surface area contributed by atoms with E-state index in [-0.39, 0.29) is 34.0 Å². The van der Waals surface area contributed by atoms with E-state index in [9.17, 15) is 9.59 Å². The van der Waals surface area contributed by atoms with Crippen LogP contribution >= 0.6 is 11.8 Å². The smallest absolute Gasteiger partial charge is 0.250 e. The third-order valence-electron chi connectivity index (χ3n) is 7.03. The van der Waals surface area contributed by atoms with Crippen molar-refractivity contribution in [2.45, 2.75) is 93.7 Å². The summed E-state index contributed by atoms with van der Waals surface area (Å²) in [5.41, 5.74) is -0.541. The van der Waals surface area contributed by atoms with Crippen LogP contribution in [0.5, 0.6) is 0 Å². The van der Waals surface area contributed by atoms with E-state index in [4.69, 9.17) is 0 Å². The molecule has 5 rings (SSSR count). The van der Waals surface area contributed by atoms with Crippen LogP contribution in [0.4, 0.5) is 0 Å². The van der Waals surface area contributed by atoms with Gasteiger partial charge in [0.05, 0.1) is 11.7 Å². The highest BCUT2D eigenvalue weighted by molar-refractivity contribution is 8.01. The first kappa shape index (κ1) is 19.3. The number of β-lactam (4-membered cyclic amide) rings is 1. The Bertz CT molecular complexity index is 821. The van der Waals surface area contributed by atoms with Crippen molar-refractivity contribution >= 4 is 23.6 Å². The molecule has 4 unspecified atom stereocenters. The van der Waals surface area contributed by atoms with Crippen molar-refractivity contribution in [1.82, 2.24) is 35.7 Å². The summed E-state index contributed by atoms with van der Waals surface area (Å²) in [6, 6.07) is -0.873. The van der Waals surface area contributed by atoms with Gasteiger partial charge in [0, 0.05) is 4.75 Å². The average Bonchev–Trinajstić information content (AvgIpc) is 3.33. The Morgan fingerprint density at radius 2 is 1.79 bits per heavy atom. The highest BCUT2D eigenvalue weighted by Crippen LogP contribution is 2.58. The van der Waals surface area contributed by atoms with E-state index in [0.717, 1.165) is 12.8 Å². The van der Waals surface area contributed by atoms with Gasteiger partial charge >= 0.3 is 0 Å². The van der Waals surface area contributed by atoms with Crippen LogP contribution in [0, 0.1) is 5.92 Å². The molecule has 0 bridgehead atoms. The first-order valence-electron chi connectivity index (χ1n) is 10.6. The molecule has 1 aromatic heterocycles. The number of hydrogen-bond donors (Lipinski definition) is 2. The molecular formula is C19H29N7O2S. The molecule has 4 heterocycles. The summed E-state index contributed by atoms with van der Waals surface area (Å²) < 4.78 is -0.262. The number of rotatable bonds is 3. The molecule has 0 radical (unpaired) electrons. The van der Waals surface area contributed by atoms with Crippen LogP contribution in [-0.4, -0.2) is 70.1 Å². The molecule has 4 fully saturated rings. The van der Waals surface area contributed by atoms with Crippen molar-refractivity contribution in [3.63, 3.8) is 0 Å². The molecule has 0 spiro atoms. The molecule has 9 nitrogen and oxygen atoms in total. The highest BCUT2D eigenvalue weighted by Gasteiger charge is 2.68. The number of nitrogens with zero attached hydrogens (tertiary/aromatic N) is 5. The monoisotopic (exact) mass is 419 g/mol. The summed E-state index contributed by atoms with van der Waals surface area (Å²) >= 11 is 1.72. The van der Waals surface area contributed by atoms with Crippen molar-refractivity contribution in [2.75, 3.05) is 0 Å². The Hall–Kier alpha value is -1.68. The molecule has 1 aliphatic carbocycles. The van der Waals surface area contributed by atoms with E-state index < -0.39 is 11.7 Å². The lowest BCUT2D eigenvalue weighted by molar-refractivity contribution is -0.165. The zero-order valence-electron chi connectivity index (χ0n) is 17.4. The largest absolute Gasteiger partial charge is 0.314 e. The molecule has 10 heteroatoms. The maximum atomic E-state index is 13.5. The normalized spacial score (nSPS) is 36.4. The lowest BCUT2D eigenvalue weighted by atomic mass is 9.83. The van der Waals surface area contributed by atoms with E-state index in [1.54, 1.807) is 11.8 Å². The summed E-state index contributed by atoms with van der Waals surface area (Å²) in [6.45, 7) is 8.24. The summed E-state index contributed by atoms with van der Waals surface area (Å²) in [5.74, 6) is 0.963. The first-order chi connectivity index (χ1) is 13.7. The minimum absolute atomic E-state index is 0.0182. The van der Waals surface area contributed by atoms with E-state index in [0.29, 0.717) is 11.7 Å². The number of tetrazole rings is 1. The fraction of sp³-hybridized carbons (Fsp3) is 0.842. The second-order valence-electron chi connectivity index (χ2n) is 9.76. The first-order valence-corrected chi connectivity index (χ1v) is 11.4. The highest BCUT2D eigenvalue weighted by atomic mass is 32.2. The molecule has 2 amide bonds. The van der Waals surface area contributed by atoms with Gasteiger partial charge in [-0.05, 0) is 46.5 Å². The van der Waals surface area contributed by atoms with Crippen molar-refractivity contribution < 1.29 is 9.59 Å². The van der Waals surface area contributed by atoms with E-state index in [1.807, 2.05) is 23.6 Å². The Morgan fingerprint density at radius 3 is 2.45 bits per heavy atom. The Kier molecular flexibility index (Phi) is 4.26. The minimum atomic E-state index is -0.541. The summed E-state index contributed by atoms with van der Waals surface area (Å²) in [4.78, 5) is 30.5. The second-order valence-corrected chi connectivity index (χ2v) is 11.5. The topological polar surface area (TPSA) is 107 Å². The number of fused-ring (bicyclic) bond motifs is 1. The van der Waals surface area contributed by atoms with Crippen molar-refractivity contribution in [3.8, 4) is 0 Å². The SMILES string of the molecule is CC1(C)SC2C(N3C(=O)C(C4CCCCC4)NC3(C)C)C(=O)N2C1c1nn[nH]n1. The Labute approximate surface area is 174 Å². The Balaban J connectivity index is 1.42. The molecule has 4 atom stereocenters. The molecule has 158 valence electrons. The lowest BCUT2D eigenvalue weighted by Crippen LogP contribution is -2.71. The average molecular weight is 420 g/mol. The quantitative estimate of drug-likeness (QED) is 0.714. The fourth-order valence-corrected chi connectivity index (χ4v) is 7.42. The van der Waals surface area contributed by atoms with Crippen LogP contribution in [0.25, 0.3) is 0 Å². The van der Waals surface area contributed by atoms with Crippen LogP contribution in [0.3, 0.4) is 0 Å². The number of carbonyl (C=O) groups is 2. The van der Waals surface area contributed by atoms with Gasteiger partial charge in [0.25, 0.3) is 0 Å². The molecule has 1 saturated carbocycles. The van der Waals surface area contributed by atoms with E-state index in [1.165, 1.54) is 19.3 Å². The number of aromatic amines is 1. The van der Waals surface area contributed by atoms with E-state index in [2.05, 4.69) is 39.8 Å². The number of hydrogen-bond acceptors (Lipinski definition) is 7. The number of aromatic nitrogens is 4. The summed E-state index contributed by atoms with van der Waals surface area (Å²) in [6.07, 6.45) is 5.80. The molecular weight excluding hydrogens is 390 g/mol. The molecule has 0 aromatic carbocycles. The van der Waals surface area contributed by atoms with Crippen LogP contribution in [0.1, 0.15) is 71.7 Å². The number of thioether (sulfide) groups is 1. The van der Waals surface area contributed by atoms with Gasteiger partial charge in [0.2, 0.25) is 11.8 Å². The lowest BCUT2D eigenvalue weighted by Gasteiger charge is -2.50. The molecule has 4 aliphatic rings. The maximum Gasteiger partial charge on any atom is 0.250 e. The van der Waals surface area contributed by atoms with Crippen molar-refractivity contribution in [1.29, 1.82) is 0 Å². The van der Waals surface area contributed by atoms with Gasteiger partial charge in [0.1, 0.15) is 17.5 Å².